The van der Waals surface area contributed by atoms with E-state index in [0.29, 0.717) is 19.5 Å². The van der Waals surface area contributed by atoms with Crippen molar-refractivity contribution in [1.29, 1.82) is 0 Å². The van der Waals surface area contributed by atoms with Crippen LogP contribution in [0, 0.1) is 11.6 Å². The molecule has 8 rings (SSSR count). The predicted octanol–water partition coefficient (Wildman–Crippen LogP) is 5.86. The Morgan fingerprint density at radius 2 is 1.22 bits per heavy atom. The number of hydrogen-bond donors (Lipinski definition) is 3. The number of nitrogens with zero attached hydrogens (tertiary/aromatic N) is 6. The van der Waals surface area contributed by atoms with Gasteiger partial charge in [0.15, 0.2) is 23.1 Å². The van der Waals surface area contributed by atoms with Gasteiger partial charge in [0, 0.05) is 89.3 Å². The molecule has 0 unspecified atom stereocenters. The van der Waals surface area contributed by atoms with Crippen LogP contribution in [-0.4, -0.2) is 107 Å². The Bertz CT molecular complexity index is 2410. The summed E-state index contributed by atoms with van der Waals surface area (Å²) in [6.07, 6.45) is 15.0. The van der Waals surface area contributed by atoms with Gasteiger partial charge in [-0.2, -0.15) is 15.3 Å². The van der Waals surface area contributed by atoms with Crippen molar-refractivity contribution in [1.82, 2.24) is 34.7 Å². The molecule has 3 aliphatic rings. The van der Waals surface area contributed by atoms with Crippen molar-refractivity contribution in [3.05, 3.63) is 90.0 Å². The number of nitrogens with one attached hydrogen (secondary N) is 1. The van der Waals surface area contributed by atoms with E-state index in [0.717, 1.165) is 38.9 Å². The van der Waals surface area contributed by atoms with Crippen LogP contribution in [0.25, 0.3) is 16.7 Å². The van der Waals surface area contributed by atoms with Crippen LogP contribution in [0.1, 0.15) is 99.9 Å². The first-order chi connectivity index (χ1) is 30.1. The van der Waals surface area contributed by atoms with E-state index >= 15 is 0 Å². The van der Waals surface area contributed by atoms with Gasteiger partial charge in [-0.15, -0.1) is 0 Å². The second-order valence-corrected chi connectivity index (χ2v) is 19.9. The van der Waals surface area contributed by atoms with E-state index in [1.165, 1.54) is 20.3 Å². The Balaban J connectivity index is 0.000000179. The molecule has 2 aliphatic heterocycles. The molecule has 0 atom stereocenters. The molecular weight excluding hydrogens is 838 g/mol. The Morgan fingerprint density at radius 3 is 1.71 bits per heavy atom. The highest BCUT2D eigenvalue weighted by Crippen LogP contribution is 2.39. The number of aromatic amines is 1. The molecule has 4 aromatic heterocycles. The average molecular weight is 902 g/mol. The number of ether oxygens (including phenoxy) is 2. The van der Waals surface area contributed by atoms with Crippen LogP contribution in [0.15, 0.2) is 61.6 Å². The van der Waals surface area contributed by atoms with Gasteiger partial charge in [0.1, 0.15) is 0 Å². The molecule has 65 heavy (non-hydrogen) atoms. The quantitative estimate of drug-likeness (QED) is 0.135. The topological polar surface area (TPSA) is 173 Å². The number of hydrogen-bond acceptors (Lipinski definition) is 12. The minimum absolute atomic E-state index is 0.0430. The lowest BCUT2D eigenvalue weighted by atomic mass is 9.82. The fraction of sp³-hybridized carbons (Fsp3) is 0.522. The van der Waals surface area contributed by atoms with Crippen LogP contribution >= 0.6 is 0 Å². The van der Waals surface area contributed by atoms with Crippen LogP contribution in [0.3, 0.4) is 0 Å². The summed E-state index contributed by atoms with van der Waals surface area (Å²) in [5, 5.41) is 35.0. The van der Waals surface area contributed by atoms with Crippen molar-refractivity contribution in [2.24, 2.45) is 0 Å². The molecule has 0 spiro atoms. The SMILES string of the molecule is CC(C)(O)Cn1cc(B2OC(C)(C)C(C)(C)O2)cn1.CC1(C)OB(c2cn[nH]c2)OC1(C)C.COc1cc(OC)c(F)c(CC2=CCc3ncc(-c4cnn(CC(C)(C)O)c4)cc32)c1F. The summed E-state index contributed by atoms with van der Waals surface area (Å²) in [5.41, 5.74) is 2.92. The smallest absolute Gasteiger partial charge is 0.494 e. The Kier molecular flexibility index (Phi) is 14.0. The number of aromatic nitrogens is 7. The number of methoxy groups -OCH3 is 2. The first-order valence-electron chi connectivity index (χ1n) is 21.6. The molecule has 1 aromatic carbocycles. The second kappa shape index (κ2) is 18.4. The van der Waals surface area contributed by atoms with Crippen LogP contribution in [0.5, 0.6) is 11.5 Å². The lowest BCUT2D eigenvalue weighted by Gasteiger charge is -2.32. The lowest BCUT2D eigenvalue weighted by molar-refractivity contribution is 0.00578. The standard InChI is InChI=1S/C24H25F2N3O3.C13H23BN2O3.C9H15BN2O2/c1-24(2,30)13-29-12-16(11-28-29)15-8-17-14(5-6-19(17)27-10-15)7-18-22(25)20(31-3)9-21(32-4)23(18)26;1-11(2,17)9-16-8-10(7-15-16)14-18-12(3,4)13(5,6)19-14;1-8(2)9(3,4)14-10(13-8)7-5-11-12-6-7/h5,8-12,30H,6-7,13H2,1-4H3;7-8,17H,9H2,1-6H3;5-6H,1-4H3,(H,11,12). The summed E-state index contributed by atoms with van der Waals surface area (Å²) in [7, 11) is 1.95. The van der Waals surface area contributed by atoms with Crippen LogP contribution < -0.4 is 20.4 Å². The van der Waals surface area contributed by atoms with E-state index in [9.17, 15) is 19.0 Å². The number of fused-ring (bicyclic) bond motifs is 1. The fourth-order valence-electron chi connectivity index (χ4n) is 7.20. The van der Waals surface area contributed by atoms with Gasteiger partial charge in [-0.3, -0.25) is 19.4 Å². The minimum atomic E-state index is -0.888. The number of H-pyrrole nitrogens is 1. The number of pyridine rings is 1. The van der Waals surface area contributed by atoms with E-state index in [1.807, 2.05) is 79.9 Å². The number of benzene rings is 1. The molecule has 6 heterocycles. The van der Waals surface area contributed by atoms with Crippen molar-refractivity contribution >= 4 is 30.7 Å². The molecule has 2 saturated heterocycles. The summed E-state index contributed by atoms with van der Waals surface area (Å²) in [6, 6.07) is 3.16. The normalized spacial score (nSPS) is 18.1. The average Bonchev–Trinajstić information content (AvgIpc) is 4.06. The third-order valence-corrected chi connectivity index (χ3v) is 12.2. The molecule has 15 nitrogen and oxygen atoms in total. The molecule has 350 valence electrons. The van der Waals surface area contributed by atoms with Crippen LogP contribution in [0.4, 0.5) is 8.78 Å². The molecular formula is C46H63B2F2N7O8. The van der Waals surface area contributed by atoms with E-state index in [2.05, 4.69) is 25.4 Å². The summed E-state index contributed by atoms with van der Waals surface area (Å²) in [5.74, 6) is -1.61. The molecule has 5 aromatic rings. The maximum atomic E-state index is 14.9. The molecule has 2 fully saturated rings. The fourth-order valence-corrected chi connectivity index (χ4v) is 7.20. The number of allylic oxidation sites excluding steroid dienone is 2. The Hall–Kier alpha value is -4.91. The summed E-state index contributed by atoms with van der Waals surface area (Å²) in [6.45, 7) is 24.0. The monoisotopic (exact) mass is 901 g/mol. The minimum Gasteiger partial charge on any atom is -0.494 e. The van der Waals surface area contributed by atoms with Crippen LogP contribution in [-0.2, 0) is 44.5 Å². The van der Waals surface area contributed by atoms with Crippen LogP contribution in [0.2, 0.25) is 0 Å². The zero-order valence-corrected chi connectivity index (χ0v) is 40.0. The summed E-state index contributed by atoms with van der Waals surface area (Å²) >= 11 is 0. The third kappa shape index (κ3) is 11.4. The van der Waals surface area contributed by atoms with Crippen molar-refractivity contribution in [2.45, 2.75) is 143 Å². The molecule has 19 heteroatoms. The lowest BCUT2D eigenvalue weighted by Crippen LogP contribution is -2.41. The van der Waals surface area contributed by atoms with Crippen molar-refractivity contribution in [3.63, 3.8) is 0 Å². The van der Waals surface area contributed by atoms with Crippen molar-refractivity contribution in [3.8, 4) is 22.6 Å². The maximum Gasteiger partial charge on any atom is 0.498 e. The van der Waals surface area contributed by atoms with E-state index in [4.69, 9.17) is 28.1 Å². The highest BCUT2D eigenvalue weighted by molar-refractivity contribution is 6.62. The third-order valence-electron chi connectivity index (χ3n) is 12.2. The zero-order valence-electron chi connectivity index (χ0n) is 40.0. The molecule has 0 radical (unpaired) electrons. The van der Waals surface area contributed by atoms with Gasteiger partial charge < -0.3 is 38.3 Å². The molecule has 0 amide bonds. The van der Waals surface area contributed by atoms with Gasteiger partial charge in [0.05, 0.1) is 72.8 Å². The van der Waals surface area contributed by atoms with Gasteiger partial charge >= 0.3 is 14.2 Å². The van der Waals surface area contributed by atoms with Crippen molar-refractivity contribution in [2.75, 3.05) is 14.2 Å². The largest absolute Gasteiger partial charge is 0.498 e. The van der Waals surface area contributed by atoms with Gasteiger partial charge in [0.25, 0.3) is 0 Å². The summed E-state index contributed by atoms with van der Waals surface area (Å²) in [4.78, 5) is 4.55. The van der Waals surface area contributed by atoms with E-state index < -0.39 is 30.0 Å². The highest BCUT2D eigenvalue weighted by atomic mass is 19.1. The molecule has 0 bridgehead atoms. The number of aliphatic hydroxyl groups is 2. The van der Waals surface area contributed by atoms with E-state index in [-0.39, 0.29) is 53.0 Å². The molecule has 0 saturated carbocycles. The predicted molar refractivity (Wildman–Crippen MR) is 245 cm³/mol. The number of rotatable bonds is 11. The first-order valence-corrected chi connectivity index (χ1v) is 21.6. The maximum absolute atomic E-state index is 14.9. The van der Waals surface area contributed by atoms with Gasteiger partial charge in [-0.1, -0.05) is 6.08 Å². The van der Waals surface area contributed by atoms with Gasteiger partial charge in [-0.05, 0) is 94.7 Å². The first kappa shape index (κ1) is 49.5. The molecule has 1 aliphatic carbocycles. The van der Waals surface area contributed by atoms with Gasteiger partial charge in [-0.25, -0.2) is 8.78 Å². The Labute approximate surface area is 381 Å². The summed E-state index contributed by atoms with van der Waals surface area (Å²) < 4.78 is 66.8. The van der Waals surface area contributed by atoms with Crippen molar-refractivity contribution < 1.29 is 47.1 Å². The Morgan fingerprint density at radius 1 is 0.708 bits per heavy atom. The number of halogens is 2. The van der Waals surface area contributed by atoms with Gasteiger partial charge in [0.2, 0.25) is 0 Å². The molecule has 3 N–H and O–H groups in total. The zero-order chi connectivity index (χ0) is 47.9. The van der Waals surface area contributed by atoms with E-state index in [1.54, 1.807) is 68.0 Å². The second-order valence-electron chi connectivity index (χ2n) is 19.9. The highest BCUT2D eigenvalue weighted by Gasteiger charge is 2.53.